The molecule has 0 radical (unpaired) electrons. The molecule has 144 valence electrons. The second kappa shape index (κ2) is 7.28. The summed E-state index contributed by atoms with van der Waals surface area (Å²) in [5.41, 5.74) is 0.543. The van der Waals surface area contributed by atoms with E-state index in [9.17, 15) is 19.1 Å². The van der Waals surface area contributed by atoms with Gasteiger partial charge in [0.1, 0.15) is 5.82 Å². The summed E-state index contributed by atoms with van der Waals surface area (Å²) >= 11 is 0. The number of pyridine rings is 1. The quantitative estimate of drug-likeness (QED) is 0.811. The number of phenolic OH excluding ortho intramolecular Hbond substituents is 1. The average Bonchev–Trinajstić information content (AvgIpc) is 2.99. The number of halogens is 1. The molecule has 0 atom stereocenters. The van der Waals surface area contributed by atoms with Crippen LogP contribution in [0.3, 0.4) is 0 Å². The molecule has 3 heterocycles. The molecule has 0 spiro atoms. The minimum absolute atomic E-state index is 0.243. The zero-order valence-electron chi connectivity index (χ0n) is 14.7. The SMILES string of the molecule is O=C1O/C(=C/c2ccc(O)c(F)c2)C(=O)N1c1ccc(N2CCOCC2)nc1. The Hall–Kier alpha value is -3.46. The van der Waals surface area contributed by atoms with E-state index in [2.05, 4.69) is 4.98 Å². The van der Waals surface area contributed by atoms with E-state index in [0.29, 0.717) is 26.3 Å². The third-order valence-electron chi connectivity index (χ3n) is 4.39. The molecule has 28 heavy (non-hydrogen) atoms. The van der Waals surface area contributed by atoms with Crippen LogP contribution in [0.15, 0.2) is 42.3 Å². The highest BCUT2D eigenvalue weighted by Crippen LogP contribution is 2.27. The number of aromatic hydroxyl groups is 1. The van der Waals surface area contributed by atoms with Gasteiger partial charge in [0.15, 0.2) is 17.3 Å². The molecule has 8 nitrogen and oxygen atoms in total. The molecule has 2 aliphatic heterocycles. The van der Waals surface area contributed by atoms with Crippen molar-refractivity contribution < 1.29 is 28.6 Å². The molecule has 2 aromatic rings. The monoisotopic (exact) mass is 385 g/mol. The van der Waals surface area contributed by atoms with E-state index in [1.165, 1.54) is 18.3 Å². The van der Waals surface area contributed by atoms with E-state index in [4.69, 9.17) is 9.47 Å². The van der Waals surface area contributed by atoms with Gasteiger partial charge in [-0.1, -0.05) is 6.07 Å². The molecule has 2 amide bonds. The zero-order valence-corrected chi connectivity index (χ0v) is 14.7. The Balaban J connectivity index is 1.55. The van der Waals surface area contributed by atoms with Crippen molar-refractivity contribution in [2.24, 2.45) is 0 Å². The highest BCUT2D eigenvalue weighted by atomic mass is 19.1. The first-order valence-corrected chi connectivity index (χ1v) is 8.58. The molecule has 2 aliphatic rings. The van der Waals surface area contributed by atoms with Crippen LogP contribution in [-0.4, -0.2) is 48.4 Å². The minimum atomic E-state index is -0.864. The van der Waals surface area contributed by atoms with Crippen molar-refractivity contribution in [3.05, 3.63) is 53.7 Å². The number of hydrogen-bond acceptors (Lipinski definition) is 7. The number of benzene rings is 1. The summed E-state index contributed by atoms with van der Waals surface area (Å²) in [6.07, 6.45) is 1.79. The van der Waals surface area contributed by atoms with Gasteiger partial charge in [-0.15, -0.1) is 0 Å². The number of ether oxygens (including phenoxy) is 2. The maximum absolute atomic E-state index is 13.5. The number of cyclic esters (lactones) is 1. The highest BCUT2D eigenvalue weighted by Gasteiger charge is 2.38. The van der Waals surface area contributed by atoms with E-state index in [1.54, 1.807) is 12.1 Å². The van der Waals surface area contributed by atoms with E-state index in [-0.39, 0.29) is 17.0 Å². The van der Waals surface area contributed by atoms with Gasteiger partial charge in [-0.05, 0) is 35.9 Å². The molecule has 0 bridgehead atoms. The van der Waals surface area contributed by atoms with Crippen molar-refractivity contribution in [2.75, 3.05) is 36.1 Å². The number of phenols is 1. The van der Waals surface area contributed by atoms with Crippen LogP contribution in [0.25, 0.3) is 6.08 Å². The number of aromatic nitrogens is 1. The van der Waals surface area contributed by atoms with E-state index in [1.807, 2.05) is 4.90 Å². The number of morpholine rings is 1. The fourth-order valence-corrected chi connectivity index (χ4v) is 2.94. The van der Waals surface area contributed by atoms with Gasteiger partial charge >= 0.3 is 12.0 Å². The Morgan fingerprint density at radius 3 is 2.61 bits per heavy atom. The maximum atomic E-state index is 13.5. The van der Waals surface area contributed by atoms with Crippen LogP contribution in [0.4, 0.5) is 20.7 Å². The molecule has 9 heteroatoms. The number of rotatable bonds is 3. The summed E-state index contributed by atoms with van der Waals surface area (Å²) in [6.45, 7) is 2.67. The van der Waals surface area contributed by atoms with Crippen LogP contribution >= 0.6 is 0 Å². The van der Waals surface area contributed by atoms with Gasteiger partial charge in [-0.25, -0.2) is 19.1 Å². The van der Waals surface area contributed by atoms with E-state index >= 15 is 0 Å². The number of anilines is 2. The normalized spacial score (nSPS) is 18.7. The number of amides is 2. The smallest absolute Gasteiger partial charge is 0.427 e. The van der Waals surface area contributed by atoms with E-state index < -0.39 is 23.6 Å². The van der Waals surface area contributed by atoms with Crippen molar-refractivity contribution in [2.45, 2.75) is 0 Å². The van der Waals surface area contributed by atoms with Gasteiger partial charge in [-0.3, -0.25) is 4.79 Å². The van der Waals surface area contributed by atoms with Crippen LogP contribution in [0.5, 0.6) is 5.75 Å². The molecule has 4 rings (SSSR count). The molecule has 1 aromatic heterocycles. The number of carbonyl (C=O) groups is 2. The lowest BCUT2D eigenvalue weighted by Crippen LogP contribution is -2.36. The van der Waals surface area contributed by atoms with Gasteiger partial charge in [-0.2, -0.15) is 0 Å². The predicted octanol–water partition coefficient (Wildman–Crippen LogP) is 2.29. The average molecular weight is 385 g/mol. The summed E-state index contributed by atoms with van der Waals surface area (Å²) in [5.74, 6) is -1.55. The molecule has 1 N–H and O–H groups in total. The minimum Gasteiger partial charge on any atom is -0.505 e. The fraction of sp³-hybridized carbons (Fsp3) is 0.211. The second-order valence-corrected chi connectivity index (χ2v) is 6.20. The van der Waals surface area contributed by atoms with Crippen LogP contribution < -0.4 is 9.80 Å². The Bertz CT molecular complexity index is 955. The van der Waals surface area contributed by atoms with Gasteiger partial charge in [0.2, 0.25) is 0 Å². The largest absolute Gasteiger partial charge is 0.505 e. The van der Waals surface area contributed by atoms with Gasteiger partial charge in [0.25, 0.3) is 0 Å². The summed E-state index contributed by atoms with van der Waals surface area (Å²) in [4.78, 5) is 32.0. The van der Waals surface area contributed by atoms with Crippen molar-refractivity contribution in [3.8, 4) is 5.75 Å². The second-order valence-electron chi connectivity index (χ2n) is 6.20. The lowest BCUT2D eigenvalue weighted by atomic mass is 10.2. The number of nitrogens with zero attached hydrogens (tertiary/aromatic N) is 3. The van der Waals surface area contributed by atoms with E-state index in [0.717, 1.165) is 22.9 Å². The maximum Gasteiger partial charge on any atom is 0.427 e. The van der Waals surface area contributed by atoms with Crippen molar-refractivity contribution in [1.82, 2.24) is 4.98 Å². The first kappa shape index (κ1) is 17.9. The summed E-state index contributed by atoms with van der Waals surface area (Å²) < 4.78 is 23.8. The number of hydrogen-bond donors (Lipinski definition) is 1. The molecule has 1 aromatic carbocycles. The Labute approximate surface area is 159 Å². The summed E-state index contributed by atoms with van der Waals surface area (Å²) in [7, 11) is 0. The van der Waals surface area contributed by atoms with Crippen LogP contribution in [0, 0.1) is 5.82 Å². The summed E-state index contributed by atoms with van der Waals surface area (Å²) in [6, 6.07) is 6.91. The van der Waals surface area contributed by atoms with Crippen molar-refractivity contribution in [1.29, 1.82) is 0 Å². The Morgan fingerprint density at radius 1 is 1.14 bits per heavy atom. The standard InChI is InChI=1S/C19H16FN3O5/c20-14-9-12(1-3-15(14)24)10-16-18(25)23(19(26)28-16)13-2-4-17(21-11-13)22-5-7-27-8-6-22/h1-4,9-11,24H,5-8H2/b16-10+. The molecule has 0 saturated carbocycles. The van der Waals surface area contributed by atoms with Crippen LogP contribution in [0.2, 0.25) is 0 Å². The molecule has 0 unspecified atom stereocenters. The molecule has 2 fully saturated rings. The molecular formula is C19H16FN3O5. The fourth-order valence-electron chi connectivity index (χ4n) is 2.94. The topological polar surface area (TPSA) is 92.2 Å². The third kappa shape index (κ3) is 3.39. The highest BCUT2D eigenvalue weighted by molar-refractivity contribution is 6.24. The van der Waals surface area contributed by atoms with Gasteiger partial charge < -0.3 is 19.5 Å². The zero-order chi connectivity index (χ0) is 19.7. The molecule has 2 saturated heterocycles. The third-order valence-corrected chi connectivity index (χ3v) is 4.39. The lowest BCUT2D eigenvalue weighted by Gasteiger charge is -2.27. The Kier molecular flexibility index (Phi) is 4.66. The first-order valence-electron chi connectivity index (χ1n) is 8.58. The number of carbonyl (C=O) groups excluding carboxylic acids is 2. The van der Waals surface area contributed by atoms with Gasteiger partial charge in [0.05, 0.1) is 25.1 Å². The van der Waals surface area contributed by atoms with Gasteiger partial charge in [0, 0.05) is 13.1 Å². The predicted molar refractivity (Wildman–Crippen MR) is 97.3 cm³/mol. The van der Waals surface area contributed by atoms with Crippen LogP contribution in [-0.2, 0) is 14.3 Å². The summed E-state index contributed by atoms with van der Waals surface area (Å²) in [5, 5.41) is 9.23. The molecule has 0 aliphatic carbocycles. The lowest BCUT2D eigenvalue weighted by molar-refractivity contribution is -0.114. The van der Waals surface area contributed by atoms with Crippen LogP contribution in [0.1, 0.15) is 5.56 Å². The molecular weight excluding hydrogens is 369 g/mol. The van der Waals surface area contributed by atoms with Crippen molar-refractivity contribution in [3.63, 3.8) is 0 Å². The van der Waals surface area contributed by atoms with Crippen molar-refractivity contribution >= 4 is 29.6 Å². The number of imide groups is 1. The Morgan fingerprint density at radius 2 is 1.93 bits per heavy atom. The first-order chi connectivity index (χ1) is 13.5.